The molecule has 0 saturated carbocycles. The lowest BCUT2D eigenvalue weighted by Gasteiger charge is -2.20. The summed E-state index contributed by atoms with van der Waals surface area (Å²) in [5.74, 6) is -0.593. The number of halogens is 1. The molecule has 0 radical (unpaired) electrons. The third-order valence-electron chi connectivity index (χ3n) is 2.95. The highest BCUT2D eigenvalue weighted by Gasteiger charge is 2.32. The second-order valence-corrected chi connectivity index (χ2v) is 4.61. The molecular weight excluding hydrogens is 237 g/mol. The third-order valence-corrected chi connectivity index (χ3v) is 2.95. The van der Waals surface area contributed by atoms with Gasteiger partial charge in [0, 0.05) is 19.6 Å². The van der Waals surface area contributed by atoms with E-state index in [0.29, 0.717) is 18.6 Å². The van der Waals surface area contributed by atoms with Crippen molar-refractivity contribution in [2.24, 2.45) is 0 Å². The molecule has 1 saturated heterocycles. The fourth-order valence-corrected chi connectivity index (χ4v) is 1.89. The highest BCUT2D eigenvalue weighted by atomic mass is 19.1. The fourth-order valence-electron chi connectivity index (χ4n) is 1.89. The molecule has 1 aliphatic heterocycles. The Balaban J connectivity index is 1.82. The van der Waals surface area contributed by atoms with Crippen molar-refractivity contribution < 1.29 is 19.0 Å². The number of hydrogen-bond acceptors (Lipinski definition) is 3. The van der Waals surface area contributed by atoms with Crippen molar-refractivity contribution in [3.05, 3.63) is 35.6 Å². The molecule has 1 fully saturated rings. The summed E-state index contributed by atoms with van der Waals surface area (Å²) < 4.78 is 18.0. The van der Waals surface area contributed by atoms with Crippen LogP contribution in [-0.4, -0.2) is 36.4 Å². The molecule has 98 valence electrons. The first kappa shape index (κ1) is 13.0. The van der Waals surface area contributed by atoms with E-state index in [9.17, 15) is 14.3 Å². The van der Waals surface area contributed by atoms with Crippen molar-refractivity contribution in [3.8, 4) is 0 Å². The van der Waals surface area contributed by atoms with Crippen LogP contribution in [0.1, 0.15) is 12.0 Å². The van der Waals surface area contributed by atoms with Gasteiger partial charge >= 0.3 is 0 Å². The number of benzene rings is 1. The van der Waals surface area contributed by atoms with Crippen molar-refractivity contribution in [2.45, 2.75) is 18.4 Å². The first-order valence-corrected chi connectivity index (χ1v) is 5.89. The largest absolute Gasteiger partial charge is 0.386 e. The van der Waals surface area contributed by atoms with Crippen molar-refractivity contribution in [3.63, 3.8) is 0 Å². The van der Waals surface area contributed by atoms with Gasteiger partial charge < -0.3 is 15.2 Å². The molecule has 0 aromatic heterocycles. The summed E-state index contributed by atoms with van der Waals surface area (Å²) in [4.78, 5) is 11.6. The Morgan fingerprint density at radius 3 is 3.06 bits per heavy atom. The predicted molar refractivity (Wildman–Crippen MR) is 63.5 cm³/mol. The Hall–Kier alpha value is -1.46. The maximum absolute atomic E-state index is 12.9. The molecule has 0 spiro atoms. The lowest BCUT2D eigenvalue weighted by molar-refractivity contribution is -0.121. The van der Waals surface area contributed by atoms with Gasteiger partial charge in [-0.1, -0.05) is 12.1 Å². The molecular formula is C13H16FNO3. The van der Waals surface area contributed by atoms with E-state index in [1.165, 1.54) is 12.1 Å². The Bertz CT molecular complexity index is 430. The summed E-state index contributed by atoms with van der Waals surface area (Å²) >= 11 is 0. The van der Waals surface area contributed by atoms with Gasteiger partial charge in [0.05, 0.1) is 13.0 Å². The Morgan fingerprint density at radius 2 is 2.39 bits per heavy atom. The van der Waals surface area contributed by atoms with Crippen LogP contribution in [0.25, 0.3) is 0 Å². The highest BCUT2D eigenvalue weighted by molar-refractivity contribution is 5.78. The third kappa shape index (κ3) is 3.51. The lowest BCUT2D eigenvalue weighted by atomic mass is 10.0. The SMILES string of the molecule is O=C(Cc1cccc(F)c1)NC[C@]1(O)CCOC1. The molecule has 0 aliphatic carbocycles. The van der Waals surface area contributed by atoms with Crippen LogP contribution in [0, 0.1) is 5.82 Å². The molecule has 1 amide bonds. The zero-order valence-electron chi connectivity index (χ0n) is 9.99. The smallest absolute Gasteiger partial charge is 0.224 e. The number of nitrogens with one attached hydrogen (secondary N) is 1. The molecule has 0 unspecified atom stereocenters. The zero-order valence-corrected chi connectivity index (χ0v) is 9.99. The number of hydrogen-bond donors (Lipinski definition) is 2. The van der Waals surface area contributed by atoms with E-state index in [1.54, 1.807) is 12.1 Å². The van der Waals surface area contributed by atoms with Gasteiger partial charge in [-0.2, -0.15) is 0 Å². The summed E-state index contributed by atoms with van der Waals surface area (Å²) in [5, 5.41) is 12.6. The van der Waals surface area contributed by atoms with Gasteiger partial charge in [0.2, 0.25) is 5.91 Å². The lowest BCUT2D eigenvalue weighted by Crippen LogP contribution is -2.43. The van der Waals surface area contributed by atoms with E-state index >= 15 is 0 Å². The maximum atomic E-state index is 12.9. The summed E-state index contributed by atoms with van der Waals surface area (Å²) in [6, 6.07) is 5.92. The topological polar surface area (TPSA) is 58.6 Å². The van der Waals surface area contributed by atoms with Crippen molar-refractivity contribution in [1.82, 2.24) is 5.32 Å². The number of rotatable bonds is 4. The number of carbonyl (C=O) groups is 1. The predicted octanol–water partition coefficient (Wildman–Crippen LogP) is 0.636. The normalized spacial score (nSPS) is 23.0. The minimum atomic E-state index is -0.961. The monoisotopic (exact) mass is 253 g/mol. The fraction of sp³-hybridized carbons (Fsp3) is 0.462. The zero-order chi connectivity index (χ0) is 13.0. The second-order valence-electron chi connectivity index (χ2n) is 4.61. The van der Waals surface area contributed by atoms with Crippen LogP contribution >= 0.6 is 0 Å². The van der Waals surface area contributed by atoms with Gasteiger partial charge in [-0.05, 0) is 17.7 Å². The van der Waals surface area contributed by atoms with Gasteiger partial charge in [-0.15, -0.1) is 0 Å². The summed E-state index contributed by atoms with van der Waals surface area (Å²) in [6.07, 6.45) is 0.627. The van der Waals surface area contributed by atoms with E-state index in [-0.39, 0.29) is 31.3 Å². The molecule has 5 heteroatoms. The van der Waals surface area contributed by atoms with Gasteiger partial charge in [0.1, 0.15) is 11.4 Å². The van der Waals surface area contributed by atoms with E-state index in [4.69, 9.17) is 4.74 Å². The van der Waals surface area contributed by atoms with Crippen LogP contribution in [0.2, 0.25) is 0 Å². The van der Waals surface area contributed by atoms with Crippen molar-refractivity contribution in [2.75, 3.05) is 19.8 Å². The molecule has 1 atom stereocenters. The molecule has 1 aliphatic rings. The van der Waals surface area contributed by atoms with Crippen molar-refractivity contribution >= 4 is 5.91 Å². The number of aliphatic hydroxyl groups is 1. The highest BCUT2D eigenvalue weighted by Crippen LogP contribution is 2.16. The van der Waals surface area contributed by atoms with Crippen LogP contribution < -0.4 is 5.32 Å². The summed E-state index contributed by atoms with van der Waals surface area (Å²) in [5.41, 5.74) is -0.348. The Labute approximate surface area is 105 Å². The first-order valence-electron chi connectivity index (χ1n) is 5.89. The first-order chi connectivity index (χ1) is 8.57. The quantitative estimate of drug-likeness (QED) is 0.827. The van der Waals surface area contributed by atoms with Crippen LogP contribution in [0.3, 0.4) is 0 Å². The molecule has 1 aromatic carbocycles. The molecule has 18 heavy (non-hydrogen) atoms. The van der Waals surface area contributed by atoms with Gasteiger partial charge in [0.15, 0.2) is 0 Å². The summed E-state index contributed by atoms with van der Waals surface area (Å²) in [7, 11) is 0. The number of carbonyl (C=O) groups excluding carboxylic acids is 1. The molecule has 1 aromatic rings. The van der Waals surface area contributed by atoms with Crippen LogP contribution in [0.4, 0.5) is 4.39 Å². The maximum Gasteiger partial charge on any atom is 0.224 e. The number of amides is 1. The molecule has 4 nitrogen and oxygen atoms in total. The van der Waals surface area contributed by atoms with E-state index < -0.39 is 5.60 Å². The van der Waals surface area contributed by atoms with Gasteiger partial charge in [0.25, 0.3) is 0 Å². The molecule has 1 heterocycles. The number of ether oxygens (including phenoxy) is 1. The van der Waals surface area contributed by atoms with Crippen LogP contribution in [-0.2, 0) is 16.0 Å². The minimum Gasteiger partial charge on any atom is -0.386 e. The van der Waals surface area contributed by atoms with Crippen molar-refractivity contribution in [1.29, 1.82) is 0 Å². The van der Waals surface area contributed by atoms with Crippen LogP contribution in [0.15, 0.2) is 24.3 Å². The minimum absolute atomic E-state index is 0.106. The van der Waals surface area contributed by atoms with E-state index in [2.05, 4.69) is 5.32 Å². The van der Waals surface area contributed by atoms with Gasteiger partial charge in [-0.25, -0.2) is 4.39 Å². The summed E-state index contributed by atoms with van der Waals surface area (Å²) in [6.45, 7) is 0.921. The average Bonchev–Trinajstić information content (AvgIpc) is 2.74. The molecule has 2 N–H and O–H groups in total. The van der Waals surface area contributed by atoms with Gasteiger partial charge in [-0.3, -0.25) is 4.79 Å². The van der Waals surface area contributed by atoms with E-state index in [1.807, 2.05) is 0 Å². The Kier molecular flexibility index (Phi) is 3.93. The van der Waals surface area contributed by atoms with E-state index in [0.717, 1.165) is 0 Å². The standard InChI is InChI=1S/C13H16FNO3/c14-11-3-1-2-10(6-11)7-12(16)15-8-13(17)4-5-18-9-13/h1-3,6,17H,4-5,7-9H2,(H,15,16)/t13-/m1/s1. The Morgan fingerprint density at radius 1 is 1.56 bits per heavy atom. The average molecular weight is 253 g/mol. The van der Waals surface area contributed by atoms with Crippen LogP contribution in [0.5, 0.6) is 0 Å². The second kappa shape index (κ2) is 5.46. The molecule has 2 rings (SSSR count). The molecule has 0 bridgehead atoms.